The van der Waals surface area contributed by atoms with Gasteiger partial charge in [-0.05, 0) is 43.7 Å². The molecule has 1 fully saturated rings. The molecule has 8 nitrogen and oxygen atoms in total. The number of hydrogen-bond acceptors (Lipinski definition) is 6. The van der Waals surface area contributed by atoms with Crippen LogP contribution >= 0.6 is 12.4 Å². The maximum atomic E-state index is 12.8. The van der Waals surface area contributed by atoms with Gasteiger partial charge in [0, 0.05) is 45.5 Å². The van der Waals surface area contributed by atoms with Crippen molar-refractivity contribution < 1.29 is 22.7 Å². The first kappa shape index (κ1) is 24.8. The third-order valence-corrected chi connectivity index (χ3v) is 6.39. The Labute approximate surface area is 173 Å². The highest BCUT2D eigenvalue weighted by atomic mass is 35.5. The molecule has 2 rings (SSSR count). The number of halogens is 1. The van der Waals surface area contributed by atoms with E-state index in [4.69, 9.17) is 9.47 Å². The lowest BCUT2D eigenvalue weighted by molar-refractivity contribution is 0.0930. The van der Waals surface area contributed by atoms with E-state index in [9.17, 15) is 13.2 Å². The van der Waals surface area contributed by atoms with Crippen LogP contribution < -0.4 is 10.6 Å². The SMILES string of the molecule is COCCN(CCOC)S(=O)(=O)c1ccc(C(=O)N[C@H]2CCCNC2)cc1.Cl. The molecule has 0 unspecified atom stereocenters. The average Bonchev–Trinajstić information content (AvgIpc) is 2.68. The van der Waals surface area contributed by atoms with Crippen LogP contribution in [0, 0.1) is 0 Å². The quantitative estimate of drug-likeness (QED) is 0.566. The van der Waals surface area contributed by atoms with Crippen molar-refractivity contribution in [3.63, 3.8) is 0 Å². The molecule has 1 aromatic carbocycles. The minimum Gasteiger partial charge on any atom is -0.383 e. The molecule has 0 bridgehead atoms. The molecule has 0 aromatic heterocycles. The fourth-order valence-corrected chi connectivity index (χ4v) is 4.32. The van der Waals surface area contributed by atoms with Gasteiger partial charge in [0.2, 0.25) is 10.0 Å². The van der Waals surface area contributed by atoms with Crippen LogP contribution in [0.3, 0.4) is 0 Å². The summed E-state index contributed by atoms with van der Waals surface area (Å²) >= 11 is 0. The van der Waals surface area contributed by atoms with E-state index in [1.165, 1.54) is 30.7 Å². The standard InChI is InChI=1S/C18H29N3O5S.ClH/c1-25-12-10-21(11-13-26-2)27(23,24)17-7-5-15(6-8-17)18(22)20-16-4-3-9-19-14-16;/h5-8,16,19H,3-4,9-14H2,1-2H3,(H,20,22);1H/t16-;/m0./s1. The number of piperidine rings is 1. The van der Waals surface area contributed by atoms with Crippen molar-refractivity contribution in [2.45, 2.75) is 23.8 Å². The Balaban J connectivity index is 0.00000392. The molecule has 1 aliphatic rings. The number of amides is 1. The molecule has 0 saturated carbocycles. The minimum atomic E-state index is -3.68. The minimum absolute atomic E-state index is 0. The summed E-state index contributed by atoms with van der Waals surface area (Å²) < 4.78 is 37.0. The van der Waals surface area contributed by atoms with Crippen LogP contribution in [0.1, 0.15) is 23.2 Å². The number of hydrogen-bond donors (Lipinski definition) is 2. The highest BCUT2D eigenvalue weighted by molar-refractivity contribution is 7.89. The van der Waals surface area contributed by atoms with E-state index >= 15 is 0 Å². The summed E-state index contributed by atoms with van der Waals surface area (Å²) in [6.45, 7) is 2.78. The van der Waals surface area contributed by atoms with E-state index in [-0.39, 0.29) is 42.3 Å². The summed E-state index contributed by atoms with van der Waals surface area (Å²) in [4.78, 5) is 12.5. The largest absolute Gasteiger partial charge is 0.383 e. The summed E-state index contributed by atoms with van der Waals surface area (Å²) in [5.74, 6) is -0.191. The molecule has 1 aliphatic heterocycles. The van der Waals surface area contributed by atoms with Crippen molar-refractivity contribution in [1.82, 2.24) is 14.9 Å². The Morgan fingerprint density at radius 3 is 2.29 bits per heavy atom. The second-order valence-electron chi connectivity index (χ2n) is 6.43. The summed E-state index contributed by atoms with van der Waals surface area (Å²) in [5, 5.41) is 6.22. The van der Waals surface area contributed by atoms with E-state index in [2.05, 4.69) is 10.6 Å². The topological polar surface area (TPSA) is 97.0 Å². The van der Waals surface area contributed by atoms with E-state index in [0.29, 0.717) is 18.8 Å². The average molecular weight is 436 g/mol. The van der Waals surface area contributed by atoms with E-state index in [0.717, 1.165) is 25.9 Å². The van der Waals surface area contributed by atoms with Gasteiger partial charge in [-0.1, -0.05) is 0 Å². The van der Waals surface area contributed by atoms with Gasteiger partial charge in [-0.2, -0.15) is 4.31 Å². The molecule has 10 heteroatoms. The number of sulfonamides is 1. The number of carbonyl (C=O) groups is 1. The molecule has 1 saturated heterocycles. The molecular weight excluding hydrogens is 406 g/mol. The fraction of sp³-hybridized carbons (Fsp3) is 0.611. The van der Waals surface area contributed by atoms with Gasteiger partial charge in [0.1, 0.15) is 0 Å². The van der Waals surface area contributed by atoms with Gasteiger partial charge < -0.3 is 20.1 Å². The first-order chi connectivity index (χ1) is 13.0. The van der Waals surface area contributed by atoms with E-state index < -0.39 is 10.0 Å². The van der Waals surface area contributed by atoms with Crippen LogP contribution in [0.25, 0.3) is 0 Å². The van der Waals surface area contributed by atoms with Gasteiger partial charge in [0.15, 0.2) is 0 Å². The molecule has 0 spiro atoms. The molecule has 1 heterocycles. The smallest absolute Gasteiger partial charge is 0.251 e. The number of ether oxygens (including phenoxy) is 2. The second-order valence-corrected chi connectivity index (χ2v) is 8.37. The first-order valence-corrected chi connectivity index (χ1v) is 10.5. The van der Waals surface area contributed by atoms with Gasteiger partial charge in [0.25, 0.3) is 5.91 Å². The number of carbonyl (C=O) groups excluding carboxylic acids is 1. The third-order valence-electron chi connectivity index (χ3n) is 4.48. The molecule has 2 N–H and O–H groups in total. The van der Waals surface area contributed by atoms with Crippen LogP contribution in [0.15, 0.2) is 29.2 Å². The Bertz CT molecular complexity index is 686. The number of nitrogens with one attached hydrogen (secondary N) is 2. The molecule has 28 heavy (non-hydrogen) atoms. The number of methoxy groups -OCH3 is 2. The Morgan fingerprint density at radius 2 is 1.79 bits per heavy atom. The fourth-order valence-electron chi connectivity index (χ4n) is 2.91. The zero-order valence-electron chi connectivity index (χ0n) is 16.3. The van der Waals surface area contributed by atoms with Gasteiger partial charge in [-0.15, -0.1) is 12.4 Å². The third kappa shape index (κ3) is 6.98. The summed E-state index contributed by atoms with van der Waals surface area (Å²) in [6, 6.07) is 6.13. The highest BCUT2D eigenvalue weighted by Gasteiger charge is 2.24. The Morgan fingerprint density at radius 1 is 1.18 bits per heavy atom. The molecular formula is C18H30ClN3O5S. The lowest BCUT2D eigenvalue weighted by atomic mass is 10.1. The van der Waals surface area contributed by atoms with Gasteiger partial charge in [-0.3, -0.25) is 4.79 Å². The maximum Gasteiger partial charge on any atom is 0.251 e. The number of benzene rings is 1. The van der Waals surface area contributed by atoms with Crippen LogP contribution in [0.2, 0.25) is 0 Å². The zero-order valence-corrected chi connectivity index (χ0v) is 18.0. The molecule has 0 aliphatic carbocycles. The van der Waals surface area contributed by atoms with Crippen LogP contribution in [0.4, 0.5) is 0 Å². The normalized spacial score (nSPS) is 17.2. The molecule has 1 amide bonds. The summed E-state index contributed by atoms with van der Waals surface area (Å²) in [5.41, 5.74) is 0.444. The van der Waals surface area contributed by atoms with E-state index in [1.54, 1.807) is 12.1 Å². The van der Waals surface area contributed by atoms with Crippen molar-refractivity contribution >= 4 is 28.3 Å². The Hall–Kier alpha value is -1.23. The molecule has 1 atom stereocenters. The van der Waals surface area contributed by atoms with Crippen molar-refractivity contribution in [1.29, 1.82) is 0 Å². The lowest BCUT2D eigenvalue weighted by Crippen LogP contribution is -2.45. The molecule has 160 valence electrons. The predicted molar refractivity (Wildman–Crippen MR) is 110 cm³/mol. The first-order valence-electron chi connectivity index (χ1n) is 9.08. The zero-order chi connectivity index (χ0) is 19.7. The van der Waals surface area contributed by atoms with Crippen LogP contribution in [0.5, 0.6) is 0 Å². The van der Waals surface area contributed by atoms with Gasteiger partial charge >= 0.3 is 0 Å². The number of nitrogens with zero attached hydrogens (tertiary/aromatic N) is 1. The van der Waals surface area contributed by atoms with Crippen molar-refractivity contribution in [2.24, 2.45) is 0 Å². The predicted octanol–water partition coefficient (Wildman–Crippen LogP) is 0.874. The maximum absolute atomic E-state index is 12.8. The lowest BCUT2D eigenvalue weighted by Gasteiger charge is -2.24. The summed E-state index contributed by atoms with van der Waals surface area (Å²) in [7, 11) is -0.635. The Kier molecular flexibility index (Phi) is 10.9. The van der Waals surface area contributed by atoms with Crippen molar-refractivity contribution in [3.8, 4) is 0 Å². The van der Waals surface area contributed by atoms with Crippen molar-refractivity contribution in [3.05, 3.63) is 29.8 Å². The van der Waals surface area contributed by atoms with Crippen LogP contribution in [-0.4, -0.2) is 78.3 Å². The molecule has 1 aromatic rings. The monoisotopic (exact) mass is 435 g/mol. The molecule has 0 radical (unpaired) electrons. The van der Waals surface area contributed by atoms with Gasteiger partial charge in [-0.25, -0.2) is 8.42 Å². The highest BCUT2D eigenvalue weighted by Crippen LogP contribution is 2.17. The number of rotatable bonds is 10. The van der Waals surface area contributed by atoms with Crippen LogP contribution in [-0.2, 0) is 19.5 Å². The van der Waals surface area contributed by atoms with E-state index in [1.807, 2.05) is 0 Å². The van der Waals surface area contributed by atoms with Crippen molar-refractivity contribution in [2.75, 3.05) is 53.6 Å². The summed E-state index contributed by atoms with van der Waals surface area (Å²) in [6.07, 6.45) is 1.97. The van der Waals surface area contributed by atoms with Gasteiger partial charge in [0.05, 0.1) is 18.1 Å². The second kappa shape index (κ2) is 12.4.